The van der Waals surface area contributed by atoms with Crippen molar-refractivity contribution in [2.24, 2.45) is 0 Å². The Bertz CT molecular complexity index is 5380. The highest BCUT2D eigenvalue weighted by atomic mass is 16.3. The van der Waals surface area contributed by atoms with Crippen molar-refractivity contribution in [1.29, 1.82) is 0 Å². The van der Waals surface area contributed by atoms with Gasteiger partial charge in [-0.1, -0.05) is 170 Å². The van der Waals surface area contributed by atoms with Crippen molar-refractivity contribution >= 4 is 87.5 Å². The Labute approximate surface area is 469 Å². The molecule has 17 aromatic rings. The largest absolute Gasteiger partial charge is 0.456 e. The summed E-state index contributed by atoms with van der Waals surface area (Å²) in [5, 5.41) is 8.94. The number of para-hydroxylation sites is 5. The van der Waals surface area contributed by atoms with E-state index < -0.39 is 0 Å². The predicted molar refractivity (Wildman–Crippen MR) is 336 cm³/mol. The smallest absolute Gasteiger partial charge is 0.164 e. The second-order valence-electron chi connectivity index (χ2n) is 21.1. The lowest BCUT2D eigenvalue weighted by Gasteiger charge is -2.12. The molecule has 0 saturated carbocycles. The minimum Gasteiger partial charge on any atom is -0.456 e. The third-order valence-electron chi connectivity index (χ3n) is 16.4. The van der Waals surface area contributed by atoms with E-state index in [1.807, 2.05) is 30.3 Å². The zero-order valence-corrected chi connectivity index (χ0v) is 44.0. The molecule has 5 aromatic heterocycles. The Morgan fingerprint density at radius 3 is 1.39 bits per heavy atom. The molecule has 5 heterocycles. The van der Waals surface area contributed by atoms with E-state index in [9.17, 15) is 0 Å². The van der Waals surface area contributed by atoms with Gasteiger partial charge in [-0.15, -0.1) is 0 Å². The SMILES string of the molecule is c1ccc(-n2c3ccccc3c3cc(-c4cccc(-c5ccc6oc7cccc(-c8nc(-c9cccc(-c%10ccc%11c(c%10)oc%10ccccc%10%11)c9)nc(-c9cccc(-n%10c%11ccccc%11c%11ccccc%11%10)c9)n8)c7c6c5)c4)ccc32)cc1. The Morgan fingerprint density at radius 1 is 0.232 bits per heavy atom. The standard InChI is InChI=1S/C75H45N5O2/c1-2-21-54(22-3-1)79-66-31-10-6-26-58(66)62-43-49(35-38-67(62)79)46-16-12-17-47(40-46)50-36-39-69-63(44-50)72-61(28-15-33-70(72)81-69)75-77-73(52-19-13-18-48(41-52)51-34-37-60-59-27-7-11-32-68(59)82-71(60)45-51)76-74(78-75)53-20-14-23-55(42-53)80-64-29-8-4-24-56(64)57-25-5-9-30-65(57)80/h1-45H. The molecular weight excluding hydrogens is 1000 g/mol. The predicted octanol–water partition coefficient (Wildman–Crippen LogP) is 19.9. The summed E-state index contributed by atoms with van der Waals surface area (Å²) in [5.74, 6) is 1.65. The molecule has 0 amide bonds. The minimum atomic E-state index is 0.543. The first-order chi connectivity index (χ1) is 40.6. The van der Waals surface area contributed by atoms with E-state index in [0.717, 1.165) is 116 Å². The van der Waals surface area contributed by atoms with Crippen LogP contribution in [0.25, 0.3) is 166 Å². The van der Waals surface area contributed by atoms with Crippen LogP contribution < -0.4 is 0 Å². The lowest BCUT2D eigenvalue weighted by Crippen LogP contribution is -2.01. The van der Waals surface area contributed by atoms with Crippen molar-refractivity contribution in [3.05, 3.63) is 273 Å². The molecule has 0 aliphatic heterocycles. The maximum atomic E-state index is 6.70. The first-order valence-corrected chi connectivity index (χ1v) is 27.6. The van der Waals surface area contributed by atoms with E-state index in [0.29, 0.717) is 17.5 Å². The molecule has 7 heteroatoms. The summed E-state index contributed by atoms with van der Waals surface area (Å²) in [6.45, 7) is 0. The molecule has 0 saturated heterocycles. The Hall–Kier alpha value is -11.2. The first-order valence-electron chi connectivity index (χ1n) is 27.6. The van der Waals surface area contributed by atoms with Crippen LogP contribution >= 0.6 is 0 Å². The number of aromatic nitrogens is 5. The van der Waals surface area contributed by atoms with E-state index in [2.05, 4.69) is 252 Å². The van der Waals surface area contributed by atoms with Gasteiger partial charge in [0, 0.05) is 71.2 Å². The zero-order valence-electron chi connectivity index (χ0n) is 44.0. The molecule has 0 bridgehead atoms. The second kappa shape index (κ2) is 18.2. The molecule has 382 valence electrons. The lowest BCUT2D eigenvalue weighted by molar-refractivity contribution is 0.668. The van der Waals surface area contributed by atoms with Gasteiger partial charge < -0.3 is 18.0 Å². The van der Waals surface area contributed by atoms with Gasteiger partial charge in [-0.25, -0.2) is 15.0 Å². The van der Waals surface area contributed by atoms with Gasteiger partial charge >= 0.3 is 0 Å². The molecule has 7 nitrogen and oxygen atoms in total. The quantitative estimate of drug-likeness (QED) is 0.152. The number of benzene rings is 12. The third kappa shape index (κ3) is 7.34. The van der Waals surface area contributed by atoms with Gasteiger partial charge in [0.25, 0.3) is 0 Å². The summed E-state index contributed by atoms with van der Waals surface area (Å²) in [6, 6.07) is 96.4. The van der Waals surface area contributed by atoms with Gasteiger partial charge in [0.15, 0.2) is 17.5 Å². The highest BCUT2D eigenvalue weighted by molar-refractivity contribution is 6.14. The van der Waals surface area contributed by atoms with Crippen molar-refractivity contribution in [2.75, 3.05) is 0 Å². The molecule has 0 spiro atoms. The topological polar surface area (TPSA) is 74.8 Å². The molecule has 0 N–H and O–H groups in total. The molecule has 0 radical (unpaired) electrons. The fourth-order valence-corrected chi connectivity index (χ4v) is 12.6. The van der Waals surface area contributed by atoms with Crippen LogP contribution in [0, 0.1) is 0 Å². The van der Waals surface area contributed by atoms with Gasteiger partial charge in [0.2, 0.25) is 0 Å². The molecule has 17 rings (SSSR count). The van der Waals surface area contributed by atoms with Crippen LogP contribution in [0.1, 0.15) is 0 Å². The summed E-state index contributed by atoms with van der Waals surface area (Å²) in [4.78, 5) is 16.2. The third-order valence-corrected chi connectivity index (χ3v) is 16.4. The molecule has 12 aromatic carbocycles. The molecule has 0 unspecified atom stereocenters. The second-order valence-corrected chi connectivity index (χ2v) is 21.1. The van der Waals surface area contributed by atoms with Gasteiger partial charge in [-0.3, -0.25) is 0 Å². The summed E-state index contributed by atoms with van der Waals surface area (Å²) in [5.41, 5.74) is 19.1. The maximum absolute atomic E-state index is 6.70. The van der Waals surface area contributed by atoms with E-state index in [-0.39, 0.29) is 0 Å². The lowest BCUT2D eigenvalue weighted by atomic mass is 9.96. The summed E-state index contributed by atoms with van der Waals surface area (Å²) in [6.07, 6.45) is 0. The summed E-state index contributed by atoms with van der Waals surface area (Å²) in [7, 11) is 0. The van der Waals surface area contributed by atoms with Crippen molar-refractivity contribution in [2.45, 2.75) is 0 Å². The number of nitrogens with zero attached hydrogens (tertiary/aromatic N) is 5. The number of rotatable bonds is 8. The average Bonchev–Trinajstić information content (AvgIpc) is 4.40. The van der Waals surface area contributed by atoms with Crippen LogP contribution in [0.5, 0.6) is 0 Å². The van der Waals surface area contributed by atoms with Crippen molar-refractivity contribution in [1.82, 2.24) is 24.1 Å². The van der Waals surface area contributed by atoms with Gasteiger partial charge in [-0.05, 0) is 137 Å². The summed E-state index contributed by atoms with van der Waals surface area (Å²) >= 11 is 0. The number of hydrogen-bond acceptors (Lipinski definition) is 5. The molecule has 0 fully saturated rings. The van der Waals surface area contributed by atoms with Gasteiger partial charge in [0.1, 0.15) is 22.3 Å². The molecule has 0 aliphatic carbocycles. The maximum Gasteiger partial charge on any atom is 0.164 e. The van der Waals surface area contributed by atoms with Crippen molar-refractivity contribution in [3.8, 4) is 78.9 Å². The minimum absolute atomic E-state index is 0.543. The van der Waals surface area contributed by atoms with Crippen molar-refractivity contribution < 1.29 is 8.83 Å². The Kier molecular flexibility index (Phi) is 10.2. The van der Waals surface area contributed by atoms with E-state index in [4.69, 9.17) is 23.8 Å². The van der Waals surface area contributed by atoms with Crippen LogP contribution in [-0.4, -0.2) is 24.1 Å². The number of hydrogen-bond donors (Lipinski definition) is 0. The monoisotopic (exact) mass is 1050 g/mol. The van der Waals surface area contributed by atoms with Crippen LogP contribution in [0.3, 0.4) is 0 Å². The first kappa shape index (κ1) is 45.8. The van der Waals surface area contributed by atoms with Crippen LogP contribution in [-0.2, 0) is 0 Å². The van der Waals surface area contributed by atoms with E-state index in [1.165, 1.54) is 32.6 Å². The highest BCUT2D eigenvalue weighted by Gasteiger charge is 2.21. The number of furan rings is 2. The molecule has 0 aliphatic rings. The van der Waals surface area contributed by atoms with E-state index >= 15 is 0 Å². The normalized spacial score (nSPS) is 11.9. The fourth-order valence-electron chi connectivity index (χ4n) is 12.6. The zero-order chi connectivity index (χ0) is 53.8. The van der Waals surface area contributed by atoms with Crippen molar-refractivity contribution in [3.63, 3.8) is 0 Å². The highest BCUT2D eigenvalue weighted by Crippen LogP contribution is 2.42. The average molecular weight is 1050 g/mol. The molecular formula is C75H45N5O2. The number of fused-ring (bicyclic) bond motifs is 12. The Morgan fingerprint density at radius 2 is 0.671 bits per heavy atom. The van der Waals surface area contributed by atoms with E-state index in [1.54, 1.807) is 0 Å². The summed E-state index contributed by atoms with van der Waals surface area (Å²) < 4.78 is 17.7. The van der Waals surface area contributed by atoms with Gasteiger partial charge in [-0.2, -0.15) is 0 Å². The fraction of sp³-hybridized carbons (Fsp3) is 0. The van der Waals surface area contributed by atoms with Crippen LogP contribution in [0.2, 0.25) is 0 Å². The molecule has 0 atom stereocenters. The van der Waals surface area contributed by atoms with Gasteiger partial charge in [0.05, 0.1) is 22.1 Å². The molecule has 82 heavy (non-hydrogen) atoms. The van der Waals surface area contributed by atoms with Crippen LogP contribution in [0.15, 0.2) is 282 Å². The Balaban J connectivity index is 0.805. The van der Waals surface area contributed by atoms with Crippen LogP contribution in [0.4, 0.5) is 0 Å².